The van der Waals surface area contributed by atoms with Crippen LogP contribution in [0, 0.1) is 13.8 Å². The zero-order valence-corrected chi connectivity index (χ0v) is 16.7. The number of carbonyl (C=O) groups is 1. The lowest BCUT2D eigenvalue weighted by molar-refractivity contribution is -0.132. The average Bonchev–Trinajstić information content (AvgIpc) is 2.63. The largest absolute Gasteiger partial charge is 0.493 e. The minimum Gasteiger partial charge on any atom is -0.493 e. The third-order valence-electron chi connectivity index (χ3n) is 5.01. The summed E-state index contributed by atoms with van der Waals surface area (Å²) in [5.74, 6) is 2.24. The molecule has 0 unspecified atom stereocenters. The number of carbonyl (C=O) groups excluding carboxylic acids is 1. The van der Waals surface area contributed by atoms with Gasteiger partial charge in [-0.15, -0.1) is 0 Å². The first-order valence-electron chi connectivity index (χ1n) is 9.16. The van der Waals surface area contributed by atoms with E-state index in [0.717, 1.165) is 28.9 Å². The van der Waals surface area contributed by atoms with Crippen molar-refractivity contribution in [3.05, 3.63) is 52.6 Å². The van der Waals surface area contributed by atoms with Gasteiger partial charge in [0.25, 0.3) is 0 Å². The van der Waals surface area contributed by atoms with Crippen molar-refractivity contribution in [2.75, 3.05) is 27.4 Å². The van der Waals surface area contributed by atoms with Crippen LogP contribution in [0.3, 0.4) is 0 Å². The summed E-state index contributed by atoms with van der Waals surface area (Å²) in [6, 6.07) is 9.97. The molecule has 0 aromatic heterocycles. The van der Waals surface area contributed by atoms with Crippen LogP contribution in [-0.4, -0.2) is 38.2 Å². The van der Waals surface area contributed by atoms with Gasteiger partial charge in [-0.05, 0) is 66.8 Å². The Kier molecular flexibility index (Phi) is 5.59. The van der Waals surface area contributed by atoms with Gasteiger partial charge in [0.1, 0.15) is 12.4 Å². The number of aryl methyl sites for hydroxylation is 2. The summed E-state index contributed by atoms with van der Waals surface area (Å²) in [7, 11) is 3.26. The van der Waals surface area contributed by atoms with E-state index in [1.165, 1.54) is 5.56 Å². The van der Waals surface area contributed by atoms with E-state index in [1.807, 2.05) is 29.2 Å². The minimum absolute atomic E-state index is 0.0458. The van der Waals surface area contributed by atoms with Crippen molar-refractivity contribution >= 4 is 5.91 Å². The maximum absolute atomic E-state index is 12.2. The van der Waals surface area contributed by atoms with Gasteiger partial charge in [0.15, 0.2) is 11.5 Å². The molecule has 1 amide bonds. The highest BCUT2D eigenvalue weighted by molar-refractivity contribution is 5.74. The van der Waals surface area contributed by atoms with Gasteiger partial charge < -0.3 is 19.1 Å². The molecule has 0 fully saturated rings. The number of amides is 1. The number of methoxy groups -OCH3 is 2. The van der Waals surface area contributed by atoms with Crippen molar-refractivity contribution in [2.45, 2.75) is 33.2 Å². The normalized spacial score (nSPS) is 15.9. The maximum atomic E-state index is 12.2. The zero-order valence-electron chi connectivity index (χ0n) is 16.7. The molecule has 144 valence electrons. The van der Waals surface area contributed by atoms with Gasteiger partial charge in [0.05, 0.1) is 20.3 Å². The second-order valence-electron chi connectivity index (χ2n) is 7.02. The molecular weight excluding hydrogens is 342 g/mol. The SMILES string of the molecule is COc1cc2c(cc1OC)[C@@H](COc1cc(C)cc(C)c1)N(C(C)=O)CC2. The van der Waals surface area contributed by atoms with E-state index in [9.17, 15) is 4.79 Å². The molecule has 0 saturated heterocycles. The minimum atomic E-state index is -0.160. The van der Waals surface area contributed by atoms with Crippen LogP contribution in [0.2, 0.25) is 0 Å². The molecule has 0 spiro atoms. The summed E-state index contributed by atoms with van der Waals surface area (Å²) in [6.07, 6.45) is 0.787. The van der Waals surface area contributed by atoms with Crippen molar-refractivity contribution in [2.24, 2.45) is 0 Å². The van der Waals surface area contributed by atoms with Gasteiger partial charge in [-0.1, -0.05) is 6.07 Å². The van der Waals surface area contributed by atoms with E-state index in [1.54, 1.807) is 21.1 Å². The van der Waals surface area contributed by atoms with E-state index in [0.29, 0.717) is 24.7 Å². The molecule has 1 heterocycles. The third kappa shape index (κ3) is 4.02. The highest BCUT2D eigenvalue weighted by Crippen LogP contribution is 2.38. The fourth-order valence-corrected chi connectivity index (χ4v) is 3.78. The van der Waals surface area contributed by atoms with Crippen molar-refractivity contribution < 1.29 is 19.0 Å². The number of hydrogen-bond acceptors (Lipinski definition) is 4. The Labute approximate surface area is 160 Å². The molecule has 0 bridgehead atoms. The Hall–Kier alpha value is -2.69. The quantitative estimate of drug-likeness (QED) is 0.803. The van der Waals surface area contributed by atoms with Crippen molar-refractivity contribution in [1.29, 1.82) is 0 Å². The van der Waals surface area contributed by atoms with E-state index < -0.39 is 0 Å². The Morgan fingerprint density at radius 1 is 1.04 bits per heavy atom. The lowest BCUT2D eigenvalue weighted by Gasteiger charge is -2.37. The van der Waals surface area contributed by atoms with E-state index in [4.69, 9.17) is 14.2 Å². The molecule has 0 radical (unpaired) electrons. The molecule has 1 aliphatic rings. The summed E-state index contributed by atoms with van der Waals surface area (Å²) >= 11 is 0. The van der Waals surface area contributed by atoms with Crippen LogP contribution in [0.15, 0.2) is 30.3 Å². The van der Waals surface area contributed by atoms with Crippen molar-refractivity contribution in [3.63, 3.8) is 0 Å². The molecule has 27 heavy (non-hydrogen) atoms. The molecule has 5 nitrogen and oxygen atoms in total. The third-order valence-corrected chi connectivity index (χ3v) is 5.01. The zero-order chi connectivity index (χ0) is 19.6. The van der Waals surface area contributed by atoms with E-state index in [-0.39, 0.29) is 11.9 Å². The van der Waals surface area contributed by atoms with Gasteiger partial charge in [-0.2, -0.15) is 0 Å². The van der Waals surface area contributed by atoms with Crippen LogP contribution in [0.25, 0.3) is 0 Å². The van der Waals surface area contributed by atoms with E-state index in [2.05, 4.69) is 19.9 Å². The Bertz CT molecular complexity index is 826. The lowest BCUT2D eigenvalue weighted by atomic mass is 9.92. The van der Waals surface area contributed by atoms with Crippen LogP contribution < -0.4 is 14.2 Å². The highest BCUT2D eigenvalue weighted by Gasteiger charge is 2.31. The van der Waals surface area contributed by atoms with Gasteiger partial charge in [0.2, 0.25) is 5.91 Å². The first kappa shape index (κ1) is 19.1. The number of rotatable bonds is 5. The van der Waals surface area contributed by atoms with Crippen LogP contribution in [-0.2, 0) is 11.2 Å². The first-order valence-corrected chi connectivity index (χ1v) is 9.16. The summed E-state index contributed by atoms with van der Waals surface area (Å²) < 4.78 is 17.0. The Morgan fingerprint density at radius 2 is 1.67 bits per heavy atom. The standard InChI is InChI=1S/C22H27NO4/c1-14-8-15(2)10-18(9-14)27-13-20-19-12-22(26-5)21(25-4)11-17(19)6-7-23(20)16(3)24/h8-12,20H,6-7,13H2,1-5H3/t20-/m1/s1. The average molecular weight is 369 g/mol. The second kappa shape index (κ2) is 7.91. The van der Waals surface area contributed by atoms with Crippen molar-refractivity contribution in [1.82, 2.24) is 4.90 Å². The number of benzene rings is 2. The first-order chi connectivity index (χ1) is 12.9. The summed E-state index contributed by atoms with van der Waals surface area (Å²) in [5.41, 5.74) is 4.53. The topological polar surface area (TPSA) is 48.0 Å². The smallest absolute Gasteiger partial charge is 0.220 e. The number of nitrogens with zero attached hydrogens (tertiary/aromatic N) is 1. The van der Waals surface area contributed by atoms with Crippen molar-refractivity contribution in [3.8, 4) is 17.2 Å². The van der Waals surface area contributed by atoms with Crippen LogP contribution in [0.5, 0.6) is 17.2 Å². The molecule has 3 rings (SSSR count). The second-order valence-corrected chi connectivity index (χ2v) is 7.02. The van der Waals surface area contributed by atoms with Crippen LogP contribution in [0.4, 0.5) is 0 Å². The van der Waals surface area contributed by atoms with Crippen LogP contribution in [0.1, 0.15) is 35.2 Å². The van der Waals surface area contributed by atoms with Gasteiger partial charge in [-0.25, -0.2) is 0 Å². The fourth-order valence-electron chi connectivity index (χ4n) is 3.78. The molecule has 2 aromatic rings. The van der Waals surface area contributed by atoms with Crippen LogP contribution >= 0.6 is 0 Å². The monoisotopic (exact) mass is 369 g/mol. The molecule has 0 aliphatic carbocycles. The number of hydrogen-bond donors (Lipinski definition) is 0. The summed E-state index contributed by atoms with van der Waals surface area (Å²) in [4.78, 5) is 14.1. The summed E-state index contributed by atoms with van der Waals surface area (Å²) in [5, 5.41) is 0. The Balaban J connectivity index is 1.94. The summed E-state index contributed by atoms with van der Waals surface area (Å²) in [6.45, 7) is 6.77. The number of ether oxygens (including phenoxy) is 3. The highest BCUT2D eigenvalue weighted by atomic mass is 16.5. The molecular formula is C22H27NO4. The van der Waals surface area contributed by atoms with Gasteiger partial charge >= 0.3 is 0 Å². The lowest BCUT2D eigenvalue weighted by Crippen LogP contribution is -2.41. The number of fused-ring (bicyclic) bond motifs is 1. The molecule has 5 heteroatoms. The predicted octanol–water partition coefficient (Wildman–Crippen LogP) is 3.85. The van der Waals surface area contributed by atoms with Gasteiger partial charge in [-0.3, -0.25) is 4.79 Å². The van der Waals surface area contributed by atoms with Gasteiger partial charge in [0, 0.05) is 13.5 Å². The molecule has 1 atom stereocenters. The van der Waals surface area contributed by atoms with E-state index >= 15 is 0 Å². The molecule has 0 N–H and O–H groups in total. The fraction of sp³-hybridized carbons (Fsp3) is 0.409. The maximum Gasteiger partial charge on any atom is 0.220 e. The molecule has 1 aliphatic heterocycles. The Morgan fingerprint density at radius 3 is 2.26 bits per heavy atom. The molecule has 2 aromatic carbocycles. The predicted molar refractivity (Wildman–Crippen MR) is 105 cm³/mol. The molecule has 0 saturated carbocycles.